The molecule has 2 aromatic carbocycles. The fourth-order valence-electron chi connectivity index (χ4n) is 2.40. The Labute approximate surface area is 175 Å². The lowest BCUT2D eigenvalue weighted by molar-refractivity contribution is -0.274. The Bertz CT molecular complexity index is 889. The summed E-state index contributed by atoms with van der Waals surface area (Å²) in [5.41, 5.74) is 0.691. The highest BCUT2D eigenvalue weighted by atomic mass is 35.5. The zero-order valence-corrected chi connectivity index (χ0v) is 16.8. The molecule has 0 saturated heterocycles. The van der Waals surface area contributed by atoms with Gasteiger partial charge in [-0.2, -0.15) is 0 Å². The zero-order valence-electron chi connectivity index (χ0n) is 15.3. The molecule has 0 aliphatic carbocycles. The SMILES string of the molecule is CC(NC(=O)c1cccc(Cl)c1Cl)C(=O)NC(C)c1ccc(OC(F)(F)F)cc1. The number of alkyl halides is 3. The van der Waals surface area contributed by atoms with Crippen LogP contribution in [-0.4, -0.2) is 24.2 Å². The van der Waals surface area contributed by atoms with E-state index in [0.717, 1.165) is 12.1 Å². The van der Waals surface area contributed by atoms with E-state index in [1.54, 1.807) is 13.0 Å². The molecule has 2 aromatic rings. The first-order valence-corrected chi connectivity index (χ1v) is 9.14. The van der Waals surface area contributed by atoms with E-state index in [0.29, 0.717) is 5.56 Å². The minimum atomic E-state index is -4.78. The molecule has 0 aliphatic rings. The van der Waals surface area contributed by atoms with Gasteiger partial charge in [-0.15, -0.1) is 13.2 Å². The predicted octanol–water partition coefficient (Wildman–Crippen LogP) is 4.89. The van der Waals surface area contributed by atoms with Crippen LogP contribution in [0.1, 0.15) is 35.8 Å². The quantitative estimate of drug-likeness (QED) is 0.660. The first-order chi connectivity index (χ1) is 13.5. The Balaban J connectivity index is 1.96. The number of nitrogens with one attached hydrogen (secondary N) is 2. The molecule has 0 heterocycles. The van der Waals surface area contributed by atoms with Crippen LogP contribution in [0.25, 0.3) is 0 Å². The van der Waals surface area contributed by atoms with Crippen molar-refractivity contribution in [3.8, 4) is 5.75 Å². The van der Waals surface area contributed by atoms with Crippen molar-refractivity contribution in [1.82, 2.24) is 10.6 Å². The third-order valence-electron chi connectivity index (χ3n) is 3.91. The van der Waals surface area contributed by atoms with Crippen LogP contribution in [0.15, 0.2) is 42.5 Å². The Morgan fingerprint density at radius 3 is 2.21 bits per heavy atom. The lowest BCUT2D eigenvalue weighted by Crippen LogP contribution is -2.45. The van der Waals surface area contributed by atoms with Crippen molar-refractivity contribution in [2.24, 2.45) is 0 Å². The number of ether oxygens (including phenoxy) is 1. The molecular weight excluding hydrogens is 432 g/mol. The maximum atomic E-state index is 12.3. The topological polar surface area (TPSA) is 67.4 Å². The second-order valence-corrected chi connectivity index (χ2v) is 6.93. The average Bonchev–Trinajstić information content (AvgIpc) is 2.63. The van der Waals surface area contributed by atoms with Gasteiger partial charge in [-0.05, 0) is 43.7 Å². The Morgan fingerprint density at radius 1 is 1.00 bits per heavy atom. The molecule has 0 saturated carbocycles. The zero-order chi connectivity index (χ0) is 21.8. The smallest absolute Gasteiger partial charge is 0.406 e. The summed E-state index contributed by atoms with van der Waals surface area (Å²) in [5.74, 6) is -1.42. The monoisotopic (exact) mass is 448 g/mol. The van der Waals surface area contributed by atoms with E-state index in [2.05, 4.69) is 15.4 Å². The maximum Gasteiger partial charge on any atom is 0.573 e. The first kappa shape index (κ1) is 22.8. The van der Waals surface area contributed by atoms with Gasteiger partial charge >= 0.3 is 6.36 Å². The van der Waals surface area contributed by atoms with E-state index in [1.165, 1.54) is 31.2 Å². The third kappa shape index (κ3) is 6.54. The van der Waals surface area contributed by atoms with Crippen LogP contribution in [0.4, 0.5) is 13.2 Å². The molecule has 2 amide bonds. The largest absolute Gasteiger partial charge is 0.573 e. The van der Waals surface area contributed by atoms with Gasteiger partial charge in [0, 0.05) is 0 Å². The standard InChI is InChI=1S/C19H17Cl2F3N2O3/c1-10(12-6-8-13(9-7-12)29-19(22,23)24)25-17(27)11(2)26-18(28)14-4-3-5-15(20)16(14)21/h3-11H,1-2H3,(H,25,27)(H,26,28). The fourth-order valence-corrected chi connectivity index (χ4v) is 2.79. The molecule has 2 N–H and O–H groups in total. The number of carbonyl (C=O) groups is 2. The van der Waals surface area contributed by atoms with Gasteiger partial charge in [-0.3, -0.25) is 9.59 Å². The lowest BCUT2D eigenvalue weighted by Gasteiger charge is -2.19. The Hall–Kier alpha value is -2.45. The molecule has 0 aliphatic heterocycles. The number of hydrogen-bond acceptors (Lipinski definition) is 3. The van der Waals surface area contributed by atoms with Gasteiger partial charge in [0.05, 0.1) is 21.7 Å². The second-order valence-electron chi connectivity index (χ2n) is 6.14. The summed E-state index contributed by atoms with van der Waals surface area (Å²) >= 11 is 11.9. The predicted molar refractivity (Wildman–Crippen MR) is 103 cm³/mol. The molecule has 0 aromatic heterocycles. The molecular formula is C19H17Cl2F3N2O3. The van der Waals surface area contributed by atoms with Crippen molar-refractivity contribution >= 4 is 35.0 Å². The molecule has 5 nitrogen and oxygen atoms in total. The van der Waals surface area contributed by atoms with Gasteiger partial charge in [0.25, 0.3) is 5.91 Å². The van der Waals surface area contributed by atoms with E-state index in [9.17, 15) is 22.8 Å². The number of benzene rings is 2. The number of amides is 2. The van der Waals surface area contributed by atoms with Crippen LogP contribution in [-0.2, 0) is 4.79 Å². The molecule has 2 rings (SSSR count). The van der Waals surface area contributed by atoms with E-state index in [1.807, 2.05) is 0 Å². The highest BCUT2D eigenvalue weighted by molar-refractivity contribution is 6.43. The van der Waals surface area contributed by atoms with Gasteiger partial charge in [-0.25, -0.2) is 0 Å². The number of carbonyl (C=O) groups excluding carboxylic acids is 2. The van der Waals surface area contributed by atoms with Crippen LogP contribution < -0.4 is 15.4 Å². The molecule has 0 fully saturated rings. The fraction of sp³-hybridized carbons (Fsp3) is 0.263. The van der Waals surface area contributed by atoms with Crippen molar-refractivity contribution in [1.29, 1.82) is 0 Å². The van der Waals surface area contributed by atoms with Crippen molar-refractivity contribution < 1.29 is 27.5 Å². The van der Waals surface area contributed by atoms with Crippen molar-refractivity contribution in [2.75, 3.05) is 0 Å². The summed E-state index contributed by atoms with van der Waals surface area (Å²) in [4.78, 5) is 24.6. The molecule has 0 bridgehead atoms. The number of hydrogen-bond donors (Lipinski definition) is 2. The average molecular weight is 449 g/mol. The summed E-state index contributed by atoms with van der Waals surface area (Å²) in [6.07, 6.45) is -4.78. The van der Waals surface area contributed by atoms with E-state index >= 15 is 0 Å². The molecule has 2 atom stereocenters. The third-order valence-corrected chi connectivity index (χ3v) is 4.73. The van der Waals surface area contributed by atoms with Gasteiger partial charge in [0.1, 0.15) is 11.8 Å². The summed E-state index contributed by atoms with van der Waals surface area (Å²) < 4.78 is 40.4. The Morgan fingerprint density at radius 2 is 1.62 bits per heavy atom. The Kier molecular flexibility index (Phi) is 7.37. The van der Waals surface area contributed by atoms with E-state index in [4.69, 9.17) is 23.2 Å². The lowest BCUT2D eigenvalue weighted by atomic mass is 10.1. The van der Waals surface area contributed by atoms with Gasteiger partial charge < -0.3 is 15.4 Å². The normalized spacial score (nSPS) is 13.3. The minimum absolute atomic E-state index is 0.0776. The summed E-state index contributed by atoms with van der Waals surface area (Å²) in [6, 6.07) is 8.26. The van der Waals surface area contributed by atoms with Crippen LogP contribution in [0.3, 0.4) is 0 Å². The molecule has 2 unspecified atom stereocenters. The van der Waals surface area contributed by atoms with Crippen molar-refractivity contribution in [3.63, 3.8) is 0 Å². The summed E-state index contributed by atoms with van der Waals surface area (Å²) in [5, 5.41) is 5.48. The van der Waals surface area contributed by atoms with Crippen LogP contribution >= 0.6 is 23.2 Å². The molecule has 10 heteroatoms. The van der Waals surface area contributed by atoms with Crippen LogP contribution in [0.2, 0.25) is 10.0 Å². The number of halogens is 5. The van der Waals surface area contributed by atoms with Gasteiger partial charge in [-0.1, -0.05) is 41.4 Å². The minimum Gasteiger partial charge on any atom is -0.406 e. The summed E-state index contributed by atoms with van der Waals surface area (Å²) in [7, 11) is 0. The summed E-state index contributed by atoms with van der Waals surface area (Å²) in [6.45, 7) is 3.14. The molecule has 156 valence electrons. The number of rotatable bonds is 6. The van der Waals surface area contributed by atoms with Gasteiger partial charge in [0.2, 0.25) is 5.91 Å². The molecule has 29 heavy (non-hydrogen) atoms. The maximum absolute atomic E-state index is 12.3. The van der Waals surface area contributed by atoms with Crippen LogP contribution in [0.5, 0.6) is 5.75 Å². The van der Waals surface area contributed by atoms with E-state index < -0.39 is 30.3 Å². The highest BCUT2D eigenvalue weighted by Gasteiger charge is 2.31. The first-order valence-electron chi connectivity index (χ1n) is 8.39. The van der Waals surface area contributed by atoms with Crippen molar-refractivity contribution in [2.45, 2.75) is 32.3 Å². The highest BCUT2D eigenvalue weighted by Crippen LogP contribution is 2.26. The van der Waals surface area contributed by atoms with Gasteiger partial charge in [0.15, 0.2) is 0 Å². The molecule has 0 radical (unpaired) electrons. The van der Waals surface area contributed by atoms with Crippen molar-refractivity contribution in [3.05, 3.63) is 63.6 Å². The van der Waals surface area contributed by atoms with E-state index in [-0.39, 0.29) is 21.4 Å². The van der Waals surface area contributed by atoms with Crippen LogP contribution in [0, 0.1) is 0 Å². The molecule has 0 spiro atoms. The second kappa shape index (κ2) is 9.37.